The maximum Gasteiger partial charge on any atom is 0.257 e. The van der Waals surface area contributed by atoms with Crippen LogP contribution in [0.25, 0.3) is 0 Å². The second-order valence-electron chi connectivity index (χ2n) is 5.95. The first-order valence-electron chi connectivity index (χ1n) is 8.24. The van der Waals surface area contributed by atoms with Crippen molar-refractivity contribution in [2.24, 2.45) is 0 Å². The predicted molar refractivity (Wildman–Crippen MR) is 105 cm³/mol. The number of benzene rings is 2. The van der Waals surface area contributed by atoms with E-state index in [1.54, 1.807) is 12.3 Å². The molecule has 0 aliphatic rings. The smallest absolute Gasteiger partial charge is 0.257 e. The van der Waals surface area contributed by atoms with Crippen LogP contribution in [0, 0.1) is 11.8 Å². The summed E-state index contributed by atoms with van der Waals surface area (Å²) in [6, 6.07) is 20.9. The number of nitrogens with zero attached hydrogens (tertiary/aromatic N) is 2. The lowest BCUT2D eigenvalue weighted by Gasteiger charge is -2.11. The Hall–Kier alpha value is -3.58. The Labute approximate surface area is 153 Å². The van der Waals surface area contributed by atoms with Crippen molar-refractivity contribution in [3.05, 3.63) is 89.6 Å². The minimum atomic E-state index is -0.198. The van der Waals surface area contributed by atoms with Crippen molar-refractivity contribution in [2.45, 2.75) is 0 Å². The normalized spacial score (nSPS) is 9.77. The zero-order valence-corrected chi connectivity index (χ0v) is 14.7. The number of aromatic nitrogens is 1. The summed E-state index contributed by atoms with van der Waals surface area (Å²) in [7, 11) is 3.81. The highest BCUT2D eigenvalue weighted by Gasteiger charge is 2.07. The Balaban J connectivity index is 1.72. The molecule has 0 bridgehead atoms. The van der Waals surface area contributed by atoms with Crippen LogP contribution >= 0.6 is 0 Å². The fraction of sp³-hybridized carbons (Fsp3) is 0.0909. The Morgan fingerprint density at radius 3 is 2.35 bits per heavy atom. The van der Waals surface area contributed by atoms with E-state index in [1.807, 2.05) is 79.7 Å². The minimum Gasteiger partial charge on any atom is -0.363 e. The van der Waals surface area contributed by atoms with Crippen LogP contribution in [0.3, 0.4) is 0 Å². The first-order chi connectivity index (χ1) is 12.6. The molecule has 2 aromatic carbocycles. The third-order valence-corrected chi connectivity index (χ3v) is 3.71. The molecule has 0 atom stereocenters. The van der Waals surface area contributed by atoms with Gasteiger partial charge in [0.1, 0.15) is 5.82 Å². The van der Waals surface area contributed by atoms with E-state index < -0.39 is 0 Å². The van der Waals surface area contributed by atoms with Gasteiger partial charge in [-0.1, -0.05) is 36.1 Å². The number of rotatable bonds is 3. The van der Waals surface area contributed by atoms with E-state index in [2.05, 4.69) is 22.1 Å². The molecule has 1 N–H and O–H groups in total. The van der Waals surface area contributed by atoms with E-state index in [0.717, 1.165) is 16.9 Å². The average Bonchev–Trinajstić information content (AvgIpc) is 2.67. The molecule has 0 fully saturated rings. The summed E-state index contributed by atoms with van der Waals surface area (Å²) in [5.41, 5.74) is 3.00. The van der Waals surface area contributed by atoms with Crippen molar-refractivity contribution >= 4 is 17.4 Å². The Morgan fingerprint density at radius 1 is 0.923 bits per heavy atom. The molecule has 1 heterocycles. The Kier molecular flexibility index (Phi) is 5.31. The molecule has 3 rings (SSSR count). The van der Waals surface area contributed by atoms with Gasteiger partial charge in [0.15, 0.2) is 0 Å². The molecular weight excluding hydrogens is 322 g/mol. The minimum absolute atomic E-state index is 0.198. The van der Waals surface area contributed by atoms with Gasteiger partial charge in [0.25, 0.3) is 5.91 Å². The summed E-state index contributed by atoms with van der Waals surface area (Å²) in [5, 5.41) is 2.89. The van der Waals surface area contributed by atoms with Gasteiger partial charge in [-0.25, -0.2) is 4.98 Å². The van der Waals surface area contributed by atoms with Gasteiger partial charge in [-0.3, -0.25) is 4.79 Å². The van der Waals surface area contributed by atoms with Gasteiger partial charge in [-0.15, -0.1) is 0 Å². The fourth-order valence-corrected chi connectivity index (χ4v) is 2.33. The van der Waals surface area contributed by atoms with Crippen LogP contribution in [0.5, 0.6) is 0 Å². The molecular formula is C22H19N3O. The maximum absolute atomic E-state index is 12.4. The summed E-state index contributed by atoms with van der Waals surface area (Å²) < 4.78 is 0. The Bertz CT molecular complexity index is 952. The van der Waals surface area contributed by atoms with Crippen molar-refractivity contribution in [2.75, 3.05) is 24.3 Å². The van der Waals surface area contributed by atoms with Gasteiger partial charge in [0.05, 0.1) is 5.56 Å². The first kappa shape index (κ1) is 17.2. The Morgan fingerprint density at radius 2 is 1.65 bits per heavy atom. The highest BCUT2D eigenvalue weighted by Crippen LogP contribution is 2.13. The summed E-state index contributed by atoms with van der Waals surface area (Å²) in [4.78, 5) is 18.5. The number of carbonyl (C=O) groups is 1. The van der Waals surface area contributed by atoms with Crippen molar-refractivity contribution in [3.8, 4) is 11.8 Å². The van der Waals surface area contributed by atoms with Crippen molar-refractivity contribution in [1.82, 2.24) is 4.98 Å². The predicted octanol–water partition coefficient (Wildman–Crippen LogP) is 3.80. The van der Waals surface area contributed by atoms with Gasteiger partial charge < -0.3 is 10.2 Å². The summed E-state index contributed by atoms with van der Waals surface area (Å²) in [6.45, 7) is 0. The largest absolute Gasteiger partial charge is 0.363 e. The van der Waals surface area contributed by atoms with Crippen LogP contribution in [0.1, 0.15) is 21.5 Å². The SMILES string of the molecule is CN(C)c1ccc(C(=O)Nc2cccc(C#Cc3ccccc3)c2)cn1. The highest BCUT2D eigenvalue weighted by atomic mass is 16.1. The zero-order chi connectivity index (χ0) is 18.4. The van der Waals surface area contributed by atoms with Gasteiger partial charge in [-0.05, 0) is 42.5 Å². The molecule has 0 aliphatic carbocycles. The quantitative estimate of drug-likeness (QED) is 0.737. The highest BCUT2D eigenvalue weighted by molar-refractivity contribution is 6.04. The molecule has 0 radical (unpaired) electrons. The van der Waals surface area contributed by atoms with E-state index >= 15 is 0 Å². The molecule has 0 unspecified atom stereocenters. The monoisotopic (exact) mass is 341 g/mol. The standard InChI is InChI=1S/C22H19N3O/c1-25(2)21-14-13-19(16-23-21)22(26)24-20-10-6-9-18(15-20)12-11-17-7-4-3-5-8-17/h3-10,13-16H,1-2H3,(H,24,26). The van der Waals surface area contributed by atoms with Gasteiger partial charge >= 0.3 is 0 Å². The maximum atomic E-state index is 12.4. The number of anilines is 2. The van der Waals surface area contributed by atoms with Crippen molar-refractivity contribution in [1.29, 1.82) is 0 Å². The van der Waals surface area contributed by atoms with Crippen LogP contribution < -0.4 is 10.2 Å². The van der Waals surface area contributed by atoms with Crippen LogP contribution in [-0.2, 0) is 0 Å². The molecule has 128 valence electrons. The lowest BCUT2D eigenvalue weighted by atomic mass is 10.1. The number of amides is 1. The van der Waals surface area contributed by atoms with Gasteiger partial charge in [0.2, 0.25) is 0 Å². The molecule has 0 aliphatic heterocycles. The first-order valence-corrected chi connectivity index (χ1v) is 8.24. The van der Waals surface area contributed by atoms with E-state index in [0.29, 0.717) is 11.3 Å². The van der Waals surface area contributed by atoms with Crippen LogP contribution in [0.4, 0.5) is 11.5 Å². The zero-order valence-electron chi connectivity index (χ0n) is 14.7. The van der Waals surface area contributed by atoms with Crippen molar-refractivity contribution in [3.63, 3.8) is 0 Å². The molecule has 4 nitrogen and oxygen atoms in total. The van der Waals surface area contributed by atoms with Crippen molar-refractivity contribution < 1.29 is 4.79 Å². The number of hydrogen-bond acceptors (Lipinski definition) is 3. The summed E-state index contributed by atoms with van der Waals surface area (Å²) >= 11 is 0. The average molecular weight is 341 g/mol. The van der Waals surface area contributed by atoms with Gasteiger partial charge in [-0.2, -0.15) is 0 Å². The van der Waals surface area contributed by atoms with E-state index in [1.165, 1.54) is 0 Å². The third kappa shape index (κ3) is 4.49. The van der Waals surface area contributed by atoms with E-state index in [4.69, 9.17) is 0 Å². The molecule has 1 aromatic heterocycles. The van der Waals surface area contributed by atoms with E-state index in [9.17, 15) is 4.79 Å². The number of hydrogen-bond donors (Lipinski definition) is 1. The van der Waals surface area contributed by atoms with Gasteiger partial charge in [0, 0.05) is 37.1 Å². The lowest BCUT2D eigenvalue weighted by Crippen LogP contribution is -2.14. The molecule has 26 heavy (non-hydrogen) atoms. The number of nitrogens with one attached hydrogen (secondary N) is 1. The second kappa shape index (κ2) is 8.00. The molecule has 0 spiro atoms. The second-order valence-corrected chi connectivity index (χ2v) is 5.95. The number of carbonyl (C=O) groups excluding carboxylic acids is 1. The summed E-state index contributed by atoms with van der Waals surface area (Å²) in [5.74, 6) is 6.83. The van der Waals surface area contributed by atoms with E-state index in [-0.39, 0.29) is 5.91 Å². The molecule has 0 saturated heterocycles. The molecule has 0 saturated carbocycles. The summed E-state index contributed by atoms with van der Waals surface area (Å²) in [6.07, 6.45) is 1.57. The lowest BCUT2D eigenvalue weighted by molar-refractivity contribution is 0.102. The van der Waals surface area contributed by atoms with Crippen LogP contribution in [0.2, 0.25) is 0 Å². The molecule has 1 amide bonds. The van der Waals surface area contributed by atoms with Crippen LogP contribution in [-0.4, -0.2) is 25.0 Å². The molecule has 4 heteroatoms. The van der Waals surface area contributed by atoms with Crippen LogP contribution in [0.15, 0.2) is 72.9 Å². The number of pyridine rings is 1. The fourth-order valence-electron chi connectivity index (χ4n) is 2.33. The molecule has 3 aromatic rings. The third-order valence-electron chi connectivity index (χ3n) is 3.71. The topological polar surface area (TPSA) is 45.2 Å².